The summed E-state index contributed by atoms with van der Waals surface area (Å²) in [6.45, 7) is 3.84. The number of benzene rings is 1. The van der Waals surface area contributed by atoms with E-state index in [4.69, 9.17) is 15.2 Å². The Labute approximate surface area is 114 Å². The molecule has 0 unspecified atom stereocenters. The molecule has 6 heteroatoms. The van der Waals surface area contributed by atoms with Crippen LogP contribution in [0, 0.1) is 0 Å². The van der Waals surface area contributed by atoms with E-state index in [-0.39, 0.29) is 12.4 Å². The second kappa shape index (κ2) is 6.77. The van der Waals surface area contributed by atoms with Crippen LogP contribution in [0.3, 0.4) is 0 Å². The maximum atomic E-state index is 11.6. The van der Waals surface area contributed by atoms with Crippen LogP contribution in [0.2, 0.25) is 0 Å². The minimum Gasteiger partial charge on any atom is -0.493 e. The Morgan fingerprint density at radius 2 is 1.95 bits per heavy atom. The smallest absolute Gasteiger partial charge is 0.161 e. The van der Waals surface area contributed by atoms with Gasteiger partial charge >= 0.3 is 0 Å². The molecule has 0 spiro atoms. The van der Waals surface area contributed by atoms with Crippen molar-refractivity contribution in [3.8, 4) is 11.5 Å². The Morgan fingerprint density at radius 3 is 2.47 bits per heavy atom. The van der Waals surface area contributed by atoms with Crippen LogP contribution in [0.15, 0.2) is 18.2 Å². The van der Waals surface area contributed by atoms with Crippen molar-refractivity contribution in [2.24, 2.45) is 5.73 Å². The Hall–Kier alpha value is -1.27. The second-order valence-electron chi connectivity index (χ2n) is 4.45. The molecule has 5 nitrogen and oxygen atoms in total. The Kier molecular flexibility index (Phi) is 5.62. The summed E-state index contributed by atoms with van der Waals surface area (Å²) in [5, 5.41) is -0.391. The Bertz CT molecular complexity index is 511. The van der Waals surface area contributed by atoms with Gasteiger partial charge in [-0.2, -0.15) is 0 Å². The first-order valence-electron chi connectivity index (χ1n) is 6.12. The third kappa shape index (κ3) is 4.40. The summed E-state index contributed by atoms with van der Waals surface area (Å²) in [4.78, 5) is 0. The van der Waals surface area contributed by atoms with Gasteiger partial charge in [0, 0.05) is 6.54 Å². The summed E-state index contributed by atoms with van der Waals surface area (Å²) in [6, 6.07) is 5.35. The molecule has 0 atom stereocenters. The fourth-order valence-electron chi connectivity index (χ4n) is 1.46. The highest BCUT2D eigenvalue weighted by Gasteiger charge is 2.16. The van der Waals surface area contributed by atoms with E-state index in [1.165, 1.54) is 7.11 Å². The molecule has 0 heterocycles. The topological polar surface area (TPSA) is 78.6 Å². The van der Waals surface area contributed by atoms with Crippen LogP contribution in [-0.2, 0) is 16.4 Å². The SMILES string of the molecule is COc1cc(CN)ccc1OCCS(=O)(=O)C(C)C. The van der Waals surface area contributed by atoms with Crippen LogP contribution in [-0.4, -0.2) is 33.1 Å². The lowest BCUT2D eigenvalue weighted by molar-refractivity contribution is 0.311. The predicted molar refractivity (Wildman–Crippen MR) is 75.3 cm³/mol. The molecule has 19 heavy (non-hydrogen) atoms. The van der Waals surface area contributed by atoms with Gasteiger partial charge in [-0.25, -0.2) is 8.42 Å². The number of nitrogens with two attached hydrogens (primary N) is 1. The number of hydrogen-bond donors (Lipinski definition) is 1. The summed E-state index contributed by atoms with van der Waals surface area (Å²) in [6.07, 6.45) is 0. The molecule has 0 radical (unpaired) electrons. The van der Waals surface area contributed by atoms with Crippen LogP contribution in [0.4, 0.5) is 0 Å². The molecular formula is C13H21NO4S. The molecule has 0 amide bonds. The lowest BCUT2D eigenvalue weighted by Crippen LogP contribution is -2.22. The minimum absolute atomic E-state index is 0.00748. The molecule has 2 N–H and O–H groups in total. The third-order valence-electron chi connectivity index (χ3n) is 2.81. The zero-order valence-corrected chi connectivity index (χ0v) is 12.4. The fraction of sp³-hybridized carbons (Fsp3) is 0.538. The first-order chi connectivity index (χ1) is 8.90. The van der Waals surface area contributed by atoms with Crippen molar-refractivity contribution in [1.82, 2.24) is 0 Å². The number of sulfone groups is 1. The normalized spacial score (nSPS) is 11.6. The molecule has 0 fully saturated rings. The maximum Gasteiger partial charge on any atom is 0.161 e. The molecule has 0 bridgehead atoms. The van der Waals surface area contributed by atoms with Gasteiger partial charge in [0.15, 0.2) is 21.3 Å². The van der Waals surface area contributed by atoms with Crippen LogP contribution < -0.4 is 15.2 Å². The highest BCUT2D eigenvalue weighted by molar-refractivity contribution is 7.91. The van der Waals surface area contributed by atoms with Crippen molar-refractivity contribution >= 4 is 9.84 Å². The van der Waals surface area contributed by atoms with Gasteiger partial charge in [-0.1, -0.05) is 6.07 Å². The van der Waals surface area contributed by atoms with Crippen molar-refractivity contribution in [2.45, 2.75) is 25.6 Å². The molecule has 108 valence electrons. The number of hydrogen-bond acceptors (Lipinski definition) is 5. The van der Waals surface area contributed by atoms with E-state index in [0.29, 0.717) is 18.0 Å². The molecule has 0 saturated carbocycles. The third-order valence-corrected chi connectivity index (χ3v) is 4.98. The highest BCUT2D eigenvalue weighted by Crippen LogP contribution is 2.27. The van der Waals surface area contributed by atoms with Crippen molar-refractivity contribution in [3.05, 3.63) is 23.8 Å². The molecule has 0 saturated heterocycles. The average Bonchev–Trinajstić information content (AvgIpc) is 2.38. The monoisotopic (exact) mass is 287 g/mol. The summed E-state index contributed by atoms with van der Waals surface area (Å²) in [7, 11) is -1.55. The fourth-order valence-corrected chi connectivity index (χ4v) is 2.25. The van der Waals surface area contributed by atoms with Crippen molar-refractivity contribution in [3.63, 3.8) is 0 Å². The van der Waals surface area contributed by atoms with Crippen LogP contribution >= 0.6 is 0 Å². The lowest BCUT2D eigenvalue weighted by Gasteiger charge is -2.12. The van der Waals surface area contributed by atoms with Gasteiger partial charge in [0.2, 0.25) is 0 Å². The average molecular weight is 287 g/mol. The molecule has 0 aromatic heterocycles. The van der Waals surface area contributed by atoms with Gasteiger partial charge in [0.25, 0.3) is 0 Å². The van der Waals surface area contributed by atoms with E-state index in [9.17, 15) is 8.42 Å². The van der Waals surface area contributed by atoms with Crippen molar-refractivity contribution < 1.29 is 17.9 Å². The van der Waals surface area contributed by atoms with Gasteiger partial charge in [-0.05, 0) is 31.5 Å². The van der Waals surface area contributed by atoms with E-state index in [0.717, 1.165) is 5.56 Å². The van der Waals surface area contributed by atoms with Crippen LogP contribution in [0.5, 0.6) is 11.5 Å². The van der Waals surface area contributed by atoms with Gasteiger partial charge in [-0.15, -0.1) is 0 Å². The molecule has 1 aromatic rings. The predicted octanol–water partition coefficient (Wildman–Crippen LogP) is 1.36. The Balaban J connectivity index is 2.68. The summed E-state index contributed by atoms with van der Waals surface area (Å²) in [5.41, 5.74) is 6.47. The van der Waals surface area contributed by atoms with E-state index in [2.05, 4.69) is 0 Å². The highest BCUT2D eigenvalue weighted by atomic mass is 32.2. The lowest BCUT2D eigenvalue weighted by atomic mass is 10.2. The number of rotatable bonds is 7. The molecule has 0 aliphatic rings. The summed E-state index contributed by atoms with van der Waals surface area (Å²) in [5.74, 6) is 1.08. The minimum atomic E-state index is -3.09. The molecule has 0 aliphatic heterocycles. The van der Waals surface area contributed by atoms with Gasteiger partial charge in [0.05, 0.1) is 18.1 Å². The number of ether oxygens (including phenoxy) is 2. The van der Waals surface area contributed by atoms with Crippen molar-refractivity contribution in [1.29, 1.82) is 0 Å². The van der Waals surface area contributed by atoms with Crippen LogP contribution in [0.25, 0.3) is 0 Å². The van der Waals surface area contributed by atoms with Gasteiger partial charge in [0.1, 0.15) is 6.61 Å². The van der Waals surface area contributed by atoms with Crippen molar-refractivity contribution in [2.75, 3.05) is 19.5 Å². The Morgan fingerprint density at radius 1 is 1.26 bits per heavy atom. The van der Waals surface area contributed by atoms with Gasteiger partial charge in [-0.3, -0.25) is 0 Å². The first kappa shape index (κ1) is 15.8. The quantitative estimate of drug-likeness (QED) is 0.819. The second-order valence-corrected chi connectivity index (χ2v) is 7.13. The van der Waals surface area contributed by atoms with E-state index in [1.54, 1.807) is 26.0 Å². The van der Waals surface area contributed by atoms with Crippen LogP contribution in [0.1, 0.15) is 19.4 Å². The first-order valence-corrected chi connectivity index (χ1v) is 7.83. The standard InChI is InChI=1S/C13H21NO4S/c1-10(2)19(15,16)7-6-18-12-5-4-11(9-14)8-13(12)17-3/h4-5,8,10H,6-7,9,14H2,1-3H3. The van der Waals surface area contributed by atoms with Gasteiger partial charge < -0.3 is 15.2 Å². The zero-order chi connectivity index (χ0) is 14.5. The van der Waals surface area contributed by atoms with E-state index < -0.39 is 15.1 Å². The largest absolute Gasteiger partial charge is 0.493 e. The molecule has 1 rings (SSSR count). The zero-order valence-electron chi connectivity index (χ0n) is 11.5. The summed E-state index contributed by atoms with van der Waals surface area (Å²) < 4.78 is 34.0. The number of methoxy groups -OCH3 is 1. The van der Waals surface area contributed by atoms with E-state index in [1.807, 2.05) is 6.07 Å². The maximum absolute atomic E-state index is 11.6. The summed E-state index contributed by atoms with van der Waals surface area (Å²) >= 11 is 0. The molecule has 0 aliphatic carbocycles. The molecule has 1 aromatic carbocycles. The molecular weight excluding hydrogens is 266 g/mol. The van der Waals surface area contributed by atoms with E-state index >= 15 is 0 Å².